The monoisotopic (exact) mass is 291 g/mol. The summed E-state index contributed by atoms with van der Waals surface area (Å²) >= 11 is 6.06. The molecule has 0 radical (unpaired) electrons. The van der Waals surface area contributed by atoms with Crippen LogP contribution in [0.25, 0.3) is 11.1 Å². The molecule has 5 nitrogen and oxygen atoms in total. The summed E-state index contributed by atoms with van der Waals surface area (Å²) in [4.78, 5) is 22.1. The van der Waals surface area contributed by atoms with E-state index in [2.05, 4.69) is 4.74 Å². The normalized spacial score (nSPS) is 10.1. The predicted octanol–water partition coefficient (Wildman–Crippen LogP) is 3.70. The molecular weight excluding hydrogens is 282 g/mol. The number of benzene rings is 2. The van der Waals surface area contributed by atoms with Gasteiger partial charge in [0, 0.05) is 16.7 Å². The number of nitrogens with zero attached hydrogens (tertiary/aromatic N) is 1. The molecular formula is C14H10ClNO4. The molecule has 2 aromatic rings. The molecule has 0 aromatic heterocycles. The predicted molar refractivity (Wildman–Crippen MR) is 74.9 cm³/mol. The van der Waals surface area contributed by atoms with E-state index < -0.39 is 10.9 Å². The number of carbonyl (C=O) groups excluding carboxylic acids is 1. The van der Waals surface area contributed by atoms with Gasteiger partial charge >= 0.3 is 5.97 Å². The minimum atomic E-state index is -0.562. The number of hydrogen-bond donors (Lipinski definition) is 0. The first-order valence-corrected chi connectivity index (χ1v) is 6.04. The second-order valence-corrected chi connectivity index (χ2v) is 4.37. The van der Waals surface area contributed by atoms with Gasteiger partial charge in [0.25, 0.3) is 5.69 Å². The summed E-state index contributed by atoms with van der Waals surface area (Å²) in [6, 6.07) is 10.8. The van der Waals surface area contributed by atoms with Crippen LogP contribution >= 0.6 is 11.6 Å². The third-order valence-electron chi connectivity index (χ3n) is 2.78. The van der Waals surface area contributed by atoms with E-state index in [-0.39, 0.29) is 16.8 Å². The number of methoxy groups -OCH3 is 1. The standard InChI is InChI=1S/C14H10ClNO4/c1-20-14(17)9-6-7-13(16(18)19)11(8-9)10-4-2-3-5-12(10)15/h2-8H,1H3. The van der Waals surface area contributed by atoms with Gasteiger partial charge in [-0.15, -0.1) is 0 Å². The first-order chi connectivity index (χ1) is 9.54. The van der Waals surface area contributed by atoms with Crippen molar-refractivity contribution < 1.29 is 14.5 Å². The first-order valence-electron chi connectivity index (χ1n) is 5.66. The van der Waals surface area contributed by atoms with Crippen molar-refractivity contribution in [3.05, 3.63) is 63.2 Å². The van der Waals surface area contributed by atoms with Crippen LogP contribution in [-0.2, 0) is 4.74 Å². The molecule has 0 bridgehead atoms. The van der Waals surface area contributed by atoms with E-state index in [1.807, 2.05) is 0 Å². The van der Waals surface area contributed by atoms with Crippen molar-refractivity contribution in [1.82, 2.24) is 0 Å². The molecule has 0 aliphatic heterocycles. The van der Waals surface area contributed by atoms with E-state index in [9.17, 15) is 14.9 Å². The Morgan fingerprint density at radius 2 is 1.90 bits per heavy atom. The zero-order valence-corrected chi connectivity index (χ0v) is 11.3. The smallest absolute Gasteiger partial charge is 0.337 e. The molecule has 0 atom stereocenters. The molecule has 6 heteroatoms. The number of nitro benzene ring substituents is 1. The highest BCUT2D eigenvalue weighted by Crippen LogP contribution is 2.35. The lowest BCUT2D eigenvalue weighted by Gasteiger charge is -2.07. The Morgan fingerprint density at radius 3 is 2.50 bits per heavy atom. The molecule has 0 heterocycles. The van der Waals surface area contributed by atoms with E-state index >= 15 is 0 Å². The molecule has 0 spiro atoms. The lowest BCUT2D eigenvalue weighted by molar-refractivity contribution is -0.384. The number of carbonyl (C=O) groups is 1. The molecule has 2 rings (SSSR count). The summed E-state index contributed by atoms with van der Waals surface area (Å²) in [6.45, 7) is 0. The molecule has 0 N–H and O–H groups in total. The van der Waals surface area contributed by atoms with Crippen LogP contribution in [0.3, 0.4) is 0 Å². The molecule has 0 amide bonds. The van der Waals surface area contributed by atoms with Crippen LogP contribution < -0.4 is 0 Å². The largest absolute Gasteiger partial charge is 0.465 e. The Balaban J connectivity index is 2.68. The van der Waals surface area contributed by atoms with Gasteiger partial charge in [-0.25, -0.2) is 4.79 Å². The van der Waals surface area contributed by atoms with Gasteiger partial charge in [0.2, 0.25) is 0 Å². The Labute approximate surface area is 119 Å². The summed E-state index contributed by atoms with van der Waals surface area (Å²) in [5, 5.41) is 11.5. The highest BCUT2D eigenvalue weighted by atomic mass is 35.5. The Hall–Kier alpha value is -2.40. The number of hydrogen-bond acceptors (Lipinski definition) is 4. The number of rotatable bonds is 3. The average molecular weight is 292 g/mol. The topological polar surface area (TPSA) is 69.4 Å². The highest BCUT2D eigenvalue weighted by molar-refractivity contribution is 6.33. The quantitative estimate of drug-likeness (QED) is 0.491. The summed E-state index contributed by atoms with van der Waals surface area (Å²) < 4.78 is 4.62. The van der Waals surface area contributed by atoms with Crippen LogP contribution in [0.5, 0.6) is 0 Å². The van der Waals surface area contributed by atoms with Crippen LogP contribution in [0.1, 0.15) is 10.4 Å². The molecule has 0 saturated carbocycles. The van der Waals surface area contributed by atoms with Crippen molar-refractivity contribution in [2.24, 2.45) is 0 Å². The second-order valence-electron chi connectivity index (χ2n) is 3.96. The number of ether oxygens (including phenoxy) is 1. The van der Waals surface area contributed by atoms with Gasteiger partial charge in [0.15, 0.2) is 0 Å². The van der Waals surface area contributed by atoms with Gasteiger partial charge in [-0.2, -0.15) is 0 Å². The molecule has 0 aliphatic rings. The lowest BCUT2D eigenvalue weighted by atomic mass is 10.0. The summed E-state index contributed by atoms with van der Waals surface area (Å²) in [7, 11) is 1.25. The summed E-state index contributed by atoms with van der Waals surface area (Å²) in [5.41, 5.74) is 0.883. The summed E-state index contributed by atoms with van der Waals surface area (Å²) in [6.07, 6.45) is 0. The SMILES string of the molecule is COC(=O)c1ccc([N+](=O)[O-])c(-c2ccccc2Cl)c1. The molecule has 20 heavy (non-hydrogen) atoms. The maximum atomic E-state index is 11.5. The maximum absolute atomic E-state index is 11.5. The van der Waals surface area contributed by atoms with Crippen molar-refractivity contribution in [2.45, 2.75) is 0 Å². The number of nitro groups is 1. The van der Waals surface area contributed by atoms with E-state index in [0.29, 0.717) is 10.6 Å². The third-order valence-corrected chi connectivity index (χ3v) is 3.11. The van der Waals surface area contributed by atoms with Crippen molar-refractivity contribution >= 4 is 23.3 Å². The average Bonchev–Trinajstić information content (AvgIpc) is 2.46. The fourth-order valence-corrected chi connectivity index (χ4v) is 2.07. The molecule has 0 aliphatic carbocycles. The van der Waals surface area contributed by atoms with Crippen molar-refractivity contribution in [2.75, 3.05) is 7.11 Å². The number of halogens is 1. The molecule has 2 aromatic carbocycles. The molecule has 0 unspecified atom stereocenters. The molecule has 0 fully saturated rings. The molecule has 102 valence electrons. The minimum absolute atomic E-state index is 0.120. The van der Waals surface area contributed by atoms with Gasteiger partial charge < -0.3 is 4.74 Å². The van der Waals surface area contributed by atoms with Crippen molar-refractivity contribution in [3.63, 3.8) is 0 Å². The van der Waals surface area contributed by atoms with Crippen LogP contribution in [0.4, 0.5) is 5.69 Å². The Kier molecular flexibility index (Phi) is 4.00. The second kappa shape index (κ2) is 5.71. The van der Waals surface area contributed by atoms with Gasteiger partial charge in [-0.1, -0.05) is 29.8 Å². The first kappa shape index (κ1) is 14.0. The van der Waals surface area contributed by atoms with Crippen molar-refractivity contribution in [1.29, 1.82) is 0 Å². The van der Waals surface area contributed by atoms with E-state index in [4.69, 9.17) is 11.6 Å². The maximum Gasteiger partial charge on any atom is 0.337 e. The van der Waals surface area contributed by atoms with Crippen LogP contribution in [0.15, 0.2) is 42.5 Å². The highest BCUT2D eigenvalue weighted by Gasteiger charge is 2.19. The van der Waals surface area contributed by atoms with Gasteiger partial charge in [0.1, 0.15) is 0 Å². The minimum Gasteiger partial charge on any atom is -0.465 e. The molecule has 0 saturated heterocycles. The lowest BCUT2D eigenvalue weighted by Crippen LogP contribution is -2.02. The summed E-state index contributed by atoms with van der Waals surface area (Å²) in [5.74, 6) is -0.562. The van der Waals surface area contributed by atoms with E-state index in [1.165, 1.54) is 25.3 Å². The van der Waals surface area contributed by atoms with Gasteiger partial charge in [-0.3, -0.25) is 10.1 Å². The Morgan fingerprint density at radius 1 is 1.20 bits per heavy atom. The van der Waals surface area contributed by atoms with Crippen LogP contribution in [0, 0.1) is 10.1 Å². The zero-order chi connectivity index (χ0) is 14.7. The Bertz CT molecular complexity index is 685. The van der Waals surface area contributed by atoms with Crippen LogP contribution in [-0.4, -0.2) is 18.0 Å². The van der Waals surface area contributed by atoms with Gasteiger partial charge in [0.05, 0.1) is 23.2 Å². The van der Waals surface area contributed by atoms with E-state index in [1.54, 1.807) is 24.3 Å². The zero-order valence-electron chi connectivity index (χ0n) is 10.5. The van der Waals surface area contributed by atoms with Crippen LogP contribution in [0.2, 0.25) is 5.02 Å². The van der Waals surface area contributed by atoms with Crippen molar-refractivity contribution in [3.8, 4) is 11.1 Å². The van der Waals surface area contributed by atoms with E-state index in [0.717, 1.165) is 0 Å². The fraction of sp³-hybridized carbons (Fsp3) is 0.0714. The fourth-order valence-electron chi connectivity index (χ4n) is 1.84. The van der Waals surface area contributed by atoms with Gasteiger partial charge in [-0.05, 0) is 18.2 Å². The number of esters is 1. The third kappa shape index (κ3) is 2.62.